The summed E-state index contributed by atoms with van der Waals surface area (Å²) in [4.78, 5) is 11.9. The van der Waals surface area contributed by atoms with Crippen LogP contribution in [0.25, 0.3) is 0 Å². The summed E-state index contributed by atoms with van der Waals surface area (Å²) in [6, 6.07) is 0.161. The highest BCUT2D eigenvalue weighted by Crippen LogP contribution is 2.16. The van der Waals surface area contributed by atoms with E-state index < -0.39 is 17.2 Å². The maximum absolute atomic E-state index is 11.9. The largest absolute Gasteiger partial charge is 0.444 e. The summed E-state index contributed by atoms with van der Waals surface area (Å²) in [7, 11) is 1.91. The zero-order valence-electron chi connectivity index (χ0n) is 15.1. The van der Waals surface area contributed by atoms with Gasteiger partial charge in [-0.25, -0.2) is 4.79 Å². The average molecular weight is 310 g/mol. The normalized spacial score (nSPS) is 13.8. The van der Waals surface area contributed by atoms with Crippen LogP contribution >= 0.6 is 0 Å². The van der Waals surface area contributed by atoms with Gasteiger partial charge < -0.3 is 15.4 Å². The molecule has 0 fully saturated rings. The molecule has 1 rings (SSSR count). The van der Waals surface area contributed by atoms with Gasteiger partial charge in [-0.15, -0.1) is 0 Å². The molecule has 6 nitrogen and oxygen atoms in total. The Labute approximate surface area is 133 Å². The van der Waals surface area contributed by atoms with E-state index in [1.165, 1.54) is 0 Å². The molecule has 0 saturated carbocycles. The first-order valence-corrected chi connectivity index (χ1v) is 7.64. The van der Waals surface area contributed by atoms with Gasteiger partial charge >= 0.3 is 6.09 Å². The van der Waals surface area contributed by atoms with Gasteiger partial charge in [0.15, 0.2) is 0 Å². The molecule has 1 heterocycles. The van der Waals surface area contributed by atoms with E-state index in [-0.39, 0.29) is 6.04 Å². The number of nitrogens with one attached hydrogen (secondary N) is 2. The molecule has 1 amide bonds. The van der Waals surface area contributed by atoms with E-state index in [0.29, 0.717) is 6.54 Å². The number of amides is 1. The highest BCUT2D eigenvalue weighted by Gasteiger charge is 2.25. The van der Waals surface area contributed by atoms with Gasteiger partial charge in [0.1, 0.15) is 5.60 Å². The lowest BCUT2D eigenvalue weighted by Crippen LogP contribution is -2.51. The molecule has 1 atom stereocenters. The van der Waals surface area contributed by atoms with Gasteiger partial charge in [0.05, 0.1) is 11.2 Å². The third-order valence-electron chi connectivity index (χ3n) is 3.21. The number of carbonyl (C=O) groups excluding carboxylic acids is 1. The van der Waals surface area contributed by atoms with Crippen molar-refractivity contribution in [1.29, 1.82) is 0 Å². The molecule has 0 radical (unpaired) electrons. The topological polar surface area (TPSA) is 68.2 Å². The third kappa shape index (κ3) is 6.05. The second kappa shape index (κ2) is 6.69. The first-order valence-electron chi connectivity index (χ1n) is 7.64. The summed E-state index contributed by atoms with van der Waals surface area (Å²) in [6.07, 6.45) is 1.62. The van der Waals surface area contributed by atoms with Crippen LogP contribution in [0.1, 0.15) is 58.8 Å². The molecule has 1 unspecified atom stereocenters. The van der Waals surface area contributed by atoms with Crippen molar-refractivity contribution >= 4 is 6.09 Å². The maximum Gasteiger partial charge on any atom is 0.408 e. The lowest BCUT2D eigenvalue weighted by Gasteiger charge is -2.30. The van der Waals surface area contributed by atoms with Gasteiger partial charge in [-0.1, -0.05) is 0 Å². The first kappa shape index (κ1) is 18.5. The molecule has 1 aromatic rings. The van der Waals surface area contributed by atoms with Gasteiger partial charge in [-0.3, -0.25) is 4.68 Å². The second-order valence-electron chi connectivity index (χ2n) is 7.46. The number of carbonyl (C=O) groups is 1. The summed E-state index contributed by atoms with van der Waals surface area (Å²) in [5, 5.41) is 10.7. The highest BCUT2D eigenvalue weighted by atomic mass is 16.6. The van der Waals surface area contributed by atoms with Crippen LogP contribution in [0, 0.1) is 6.92 Å². The third-order valence-corrected chi connectivity index (χ3v) is 3.21. The number of hydrogen-bond donors (Lipinski definition) is 2. The zero-order chi connectivity index (χ0) is 17.1. The Morgan fingerprint density at radius 1 is 1.36 bits per heavy atom. The fraction of sp³-hybridized carbons (Fsp3) is 0.750. The molecule has 0 aliphatic rings. The van der Waals surface area contributed by atoms with Gasteiger partial charge in [0.25, 0.3) is 0 Å². The quantitative estimate of drug-likeness (QED) is 0.877. The van der Waals surface area contributed by atoms with Crippen molar-refractivity contribution < 1.29 is 9.53 Å². The number of ether oxygens (including phenoxy) is 1. The maximum atomic E-state index is 11.9. The van der Waals surface area contributed by atoms with E-state index in [0.717, 1.165) is 11.3 Å². The lowest BCUT2D eigenvalue weighted by molar-refractivity contribution is 0.0471. The van der Waals surface area contributed by atoms with E-state index in [2.05, 4.69) is 22.7 Å². The summed E-state index contributed by atoms with van der Waals surface area (Å²) in [5.41, 5.74) is 1.27. The Morgan fingerprint density at radius 2 is 1.95 bits per heavy atom. The van der Waals surface area contributed by atoms with E-state index in [4.69, 9.17) is 4.74 Å². The van der Waals surface area contributed by atoms with Crippen molar-refractivity contribution in [2.75, 3.05) is 6.54 Å². The summed E-state index contributed by atoms with van der Waals surface area (Å²) >= 11 is 0. The molecule has 0 bridgehead atoms. The van der Waals surface area contributed by atoms with Gasteiger partial charge in [-0.2, -0.15) is 5.10 Å². The van der Waals surface area contributed by atoms with Gasteiger partial charge in [0.2, 0.25) is 0 Å². The van der Waals surface area contributed by atoms with Crippen LogP contribution in [0.4, 0.5) is 4.79 Å². The SMILES string of the molecule is Cc1nn(C)cc1C(C)NCC(C)(C)NC(=O)OC(C)(C)C. The van der Waals surface area contributed by atoms with Crippen molar-refractivity contribution in [3.63, 3.8) is 0 Å². The smallest absolute Gasteiger partial charge is 0.408 e. The Hall–Kier alpha value is -1.56. The first-order chi connectivity index (χ1) is 9.89. The van der Waals surface area contributed by atoms with Gasteiger partial charge in [0, 0.05) is 31.4 Å². The van der Waals surface area contributed by atoms with Crippen LogP contribution in [0.3, 0.4) is 0 Å². The van der Waals surface area contributed by atoms with Crippen molar-refractivity contribution in [1.82, 2.24) is 20.4 Å². The predicted molar refractivity (Wildman–Crippen MR) is 87.8 cm³/mol. The minimum Gasteiger partial charge on any atom is -0.444 e. The minimum absolute atomic E-state index is 0.161. The standard InChI is InChI=1S/C16H30N4O2/c1-11(13-9-20(8)19-12(13)2)17-10-16(6,7)18-14(21)22-15(3,4)5/h9,11,17H,10H2,1-8H3,(H,18,21). The monoisotopic (exact) mass is 310 g/mol. The number of nitrogens with zero attached hydrogens (tertiary/aromatic N) is 2. The van der Waals surface area contributed by atoms with Crippen molar-refractivity contribution in [2.45, 2.75) is 65.6 Å². The molecular formula is C16H30N4O2. The van der Waals surface area contributed by atoms with Gasteiger partial charge in [-0.05, 0) is 48.5 Å². The van der Waals surface area contributed by atoms with Crippen LogP contribution in [-0.2, 0) is 11.8 Å². The van der Waals surface area contributed by atoms with E-state index >= 15 is 0 Å². The van der Waals surface area contributed by atoms with Crippen LogP contribution in [0.15, 0.2) is 6.20 Å². The van der Waals surface area contributed by atoms with Crippen LogP contribution in [0.5, 0.6) is 0 Å². The van der Waals surface area contributed by atoms with E-state index in [1.807, 2.05) is 59.5 Å². The number of aromatic nitrogens is 2. The zero-order valence-corrected chi connectivity index (χ0v) is 15.1. The predicted octanol–water partition coefficient (Wildman–Crippen LogP) is 2.68. The molecule has 0 aromatic carbocycles. The minimum atomic E-state index is -0.492. The highest BCUT2D eigenvalue weighted by molar-refractivity contribution is 5.68. The fourth-order valence-corrected chi connectivity index (χ4v) is 2.19. The summed E-state index contributed by atoms with van der Waals surface area (Å²) in [5.74, 6) is 0. The number of rotatable bonds is 5. The molecule has 1 aromatic heterocycles. The van der Waals surface area contributed by atoms with Crippen molar-refractivity contribution in [2.24, 2.45) is 7.05 Å². The van der Waals surface area contributed by atoms with Crippen molar-refractivity contribution in [3.05, 3.63) is 17.5 Å². The number of aryl methyl sites for hydroxylation is 2. The summed E-state index contributed by atoms with van der Waals surface area (Å²) in [6.45, 7) is 14.2. The molecule has 2 N–H and O–H groups in total. The molecule has 126 valence electrons. The molecule has 0 aliphatic heterocycles. The number of alkyl carbamates (subject to hydrolysis) is 1. The lowest BCUT2D eigenvalue weighted by atomic mass is 10.0. The Kier molecular flexibility index (Phi) is 5.62. The molecule has 0 spiro atoms. The molecule has 0 saturated heterocycles. The summed E-state index contributed by atoms with van der Waals surface area (Å²) < 4.78 is 7.11. The van der Waals surface area contributed by atoms with Crippen LogP contribution in [-0.4, -0.2) is 33.6 Å². The molecule has 22 heavy (non-hydrogen) atoms. The average Bonchev–Trinajstić information content (AvgIpc) is 2.62. The Bertz CT molecular complexity index is 515. The fourth-order valence-electron chi connectivity index (χ4n) is 2.19. The second-order valence-corrected chi connectivity index (χ2v) is 7.46. The number of hydrogen-bond acceptors (Lipinski definition) is 4. The Balaban J connectivity index is 2.54. The van der Waals surface area contributed by atoms with Crippen molar-refractivity contribution in [3.8, 4) is 0 Å². The van der Waals surface area contributed by atoms with E-state index in [1.54, 1.807) is 0 Å². The Morgan fingerprint density at radius 3 is 2.41 bits per heavy atom. The van der Waals surface area contributed by atoms with Crippen LogP contribution < -0.4 is 10.6 Å². The molecule has 0 aliphatic carbocycles. The molecule has 6 heteroatoms. The van der Waals surface area contributed by atoms with Crippen LogP contribution in [0.2, 0.25) is 0 Å². The van der Waals surface area contributed by atoms with E-state index in [9.17, 15) is 4.79 Å². The molecular weight excluding hydrogens is 280 g/mol.